The Morgan fingerprint density at radius 1 is 1.31 bits per heavy atom. The van der Waals surface area contributed by atoms with E-state index in [0.717, 1.165) is 6.07 Å². The van der Waals surface area contributed by atoms with Crippen molar-refractivity contribution in [2.24, 2.45) is 0 Å². The molecule has 13 heavy (non-hydrogen) atoms. The molecule has 0 aliphatic rings. The predicted octanol–water partition coefficient (Wildman–Crippen LogP) is 2.87. The SMILES string of the molecule is CNCc1cc(F)c(Br)cc1F.Cl. The molecular weight excluding hydrogens is 263 g/mol. The Hall–Kier alpha value is -0.190. The number of rotatable bonds is 2. The first kappa shape index (κ1) is 12.8. The molecule has 5 heteroatoms. The number of nitrogens with one attached hydrogen (secondary N) is 1. The molecule has 0 unspecified atom stereocenters. The minimum atomic E-state index is -0.443. The van der Waals surface area contributed by atoms with Crippen molar-refractivity contribution in [3.8, 4) is 0 Å². The molecule has 0 aliphatic heterocycles. The van der Waals surface area contributed by atoms with Gasteiger partial charge in [-0.2, -0.15) is 0 Å². The average molecular weight is 273 g/mol. The fourth-order valence-electron chi connectivity index (χ4n) is 0.890. The van der Waals surface area contributed by atoms with E-state index in [9.17, 15) is 8.78 Å². The van der Waals surface area contributed by atoms with Crippen LogP contribution in [-0.4, -0.2) is 7.05 Å². The van der Waals surface area contributed by atoms with Crippen molar-refractivity contribution in [2.75, 3.05) is 7.05 Å². The predicted molar refractivity (Wildman–Crippen MR) is 54.1 cm³/mol. The van der Waals surface area contributed by atoms with E-state index in [-0.39, 0.29) is 16.9 Å². The van der Waals surface area contributed by atoms with E-state index >= 15 is 0 Å². The highest BCUT2D eigenvalue weighted by molar-refractivity contribution is 9.10. The standard InChI is InChI=1S/C8H8BrF2N.ClH/c1-12-4-5-2-8(11)6(9)3-7(5)10;/h2-3,12H,4H2,1H3;1H. The summed E-state index contributed by atoms with van der Waals surface area (Å²) in [5, 5.41) is 2.75. The number of hydrogen-bond acceptors (Lipinski definition) is 1. The second kappa shape index (κ2) is 5.52. The topological polar surface area (TPSA) is 12.0 Å². The minimum Gasteiger partial charge on any atom is -0.316 e. The molecule has 1 N–H and O–H groups in total. The van der Waals surface area contributed by atoms with Gasteiger partial charge >= 0.3 is 0 Å². The van der Waals surface area contributed by atoms with Crippen molar-refractivity contribution in [3.63, 3.8) is 0 Å². The second-order valence-corrected chi connectivity index (χ2v) is 3.24. The average Bonchev–Trinajstić information content (AvgIpc) is 2.01. The van der Waals surface area contributed by atoms with E-state index in [1.807, 2.05) is 0 Å². The lowest BCUT2D eigenvalue weighted by atomic mass is 10.2. The second-order valence-electron chi connectivity index (χ2n) is 2.39. The minimum absolute atomic E-state index is 0. The molecule has 1 aromatic rings. The van der Waals surface area contributed by atoms with Gasteiger partial charge in [0.15, 0.2) is 0 Å². The van der Waals surface area contributed by atoms with E-state index in [4.69, 9.17) is 0 Å². The Morgan fingerprint density at radius 3 is 2.46 bits per heavy atom. The van der Waals surface area contributed by atoms with Crippen molar-refractivity contribution >= 4 is 28.3 Å². The van der Waals surface area contributed by atoms with Crippen LogP contribution in [0, 0.1) is 11.6 Å². The molecule has 0 saturated carbocycles. The molecule has 1 aromatic carbocycles. The van der Waals surface area contributed by atoms with Crippen LogP contribution in [0.2, 0.25) is 0 Å². The molecule has 0 radical (unpaired) electrons. The van der Waals surface area contributed by atoms with Crippen molar-refractivity contribution in [1.29, 1.82) is 0 Å². The molecule has 0 aliphatic carbocycles. The fourth-order valence-corrected chi connectivity index (χ4v) is 1.21. The van der Waals surface area contributed by atoms with Gasteiger partial charge in [0.05, 0.1) is 4.47 Å². The number of benzene rings is 1. The van der Waals surface area contributed by atoms with Crippen LogP contribution < -0.4 is 5.32 Å². The van der Waals surface area contributed by atoms with Gasteiger partial charge in [-0.05, 0) is 35.1 Å². The third kappa shape index (κ3) is 3.21. The summed E-state index contributed by atoms with van der Waals surface area (Å²) in [5.74, 6) is -0.848. The quantitative estimate of drug-likeness (QED) is 0.816. The van der Waals surface area contributed by atoms with Gasteiger partial charge in [0.2, 0.25) is 0 Å². The first-order valence-electron chi connectivity index (χ1n) is 3.43. The molecule has 0 saturated heterocycles. The molecule has 1 rings (SSSR count). The van der Waals surface area contributed by atoms with Crippen molar-refractivity contribution in [2.45, 2.75) is 6.54 Å². The molecule has 0 atom stereocenters. The Kier molecular flexibility index (Phi) is 5.44. The van der Waals surface area contributed by atoms with Gasteiger partial charge in [-0.15, -0.1) is 12.4 Å². The normalized spacial score (nSPS) is 9.54. The van der Waals surface area contributed by atoms with Gasteiger partial charge in [0.1, 0.15) is 11.6 Å². The molecule has 74 valence electrons. The zero-order valence-electron chi connectivity index (χ0n) is 6.90. The Balaban J connectivity index is 0.00000144. The number of hydrogen-bond donors (Lipinski definition) is 1. The van der Waals surface area contributed by atoms with Crippen LogP contribution in [0.5, 0.6) is 0 Å². The Bertz CT molecular complexity index is 294. The van der Waals surface area contributed by atoms with Gasteiger partial charge in [-0.25, -0.2) is 8.78 Å². The molecule has 1 nitrogen and oxygen atoms in total. The summed E-state index contributed by atoms with van der Waals surface area (Å²) in [4.78, 5) is 0. The van der Waals surface area contributed by atoms with Crippen molar-refractivity contribution in [1.82, 2.24) is 5.32 Å². The summed E-state index contributed by atoms with van der Waals surface area (Å²) in [7, 11) is 1.68. The molecule has 0 amide bonds. The molecule has 0 aromatic heterocycles. The van der Waals surface area contributed by atoms with Crippen LogP contribution in [0.1, 0.15) is 5.56 Å². The zero-order valence-corrected chi connectivity index (χ0v) is 9.31. The summed E-state index contributed by atoms with van der Waals surface area (Å²) in [6, 6.07) is 2.30. The van der Waals surface area contributed by atoms with Crippen LogP contribution >= 0.6 is 28.3 Å². The highest BCUT2D eigenvalue weighted by Gasteiger charge is 2.06. The lowest BCUT2D eigenvalue weighted by Gasteiger charge is -2.03. The van der Waals surface area contributed by atoms with Gasteiger partial charge in [-0.3, -0.25) is 0 Å². The monoisotopic (exact) mass is 271 g/mol. The third-order valence-electron chi connectivity index (χ3n) is 1.46. The highest BCUT2D eigenvalue weighted by atomic mass is 79.9. The van der Waals surface area contributed by atoms with Crippen LogP contribution in [-0.2, 0) is 6.54 Å². The van der Waals surface area contributed by atoms with Gasteiger partial charge in [0, 0.05) is 12.1 Å². The summed E-state index contributed by atoms with van der Waals surface area (Å²) in [6.07, 6.45) is 0. The van der Waals surface area contributed by atoms with Crippen LogP contribution in [0.25, 0.3) is 0 Å². The van der Waals surface area contributed by atoms with E-state index < -0.39 is 11.6 Å². The van der Waals surface area contributed by atoms with Gasteiger partial charge in [-0.1, -0.05) is 0 Å². The summed E-state index contributed by atoms with van der Waals surface area (Å²) in [5.41, 5.74) is 0.332. The largest absolute Gasteiger partial charge is 0.316 e. The summed E-state index contributed by atoms with van der Waals surface area (Å²) >= 11 is 2.90. The number of halogens is 4. The third-order valence-corrected chi connectivity index (χ3v) is 2.06. The summed E-state index contributed by atoms with van der Waals surface area (Å²) < 4.78 is 26.0. The first-order chi connectivity index (χ1) is 5.65. The Morgan fingerprint density at radius 2 is 1.92 bits per heavy atom. The fraction of sp³-hybridized carbons (Fsp3) is 0.250. The van der Waals surface area contributed by atoms with Crippen molar-refractivity contribution < 1.29 is 8.78 Å². The van der Waals surface area contributed by atoms with Crippen molar-refractivity contribution in [3.05, 3.63) is 33.8 Å². The van der Waals surface area contributed by atoms with Gasteiger partial charge < -0.3 is 5.32 Å². The van der Waals surface area contributed by atoms with E-state index in [1.165, 1.54) is 6.07 Å². The zero-order chi connectivity index (χ0) is 9.14. The molecule has 0 bridgehead atoms. The molecular formula is C8H9BrClF2N. The molecule has 0 fully saturated rings. The summed E-state index contributed by atoms with van der Waals surface area (Å²) in [6.45, 7) is 0.329. The molecule has 0 spiro atoms. The van der Waals surface area contributed by atoms with Crippen LogP contribution in [0.15, 0.2) is 16.6 Å². The van der Waals surface area contributed by atoms with Crippen LogP contribution in [0.3, 0.4) is 0 Å². The smallest absolute Gasteiger partial charge is 0.137 e. The maximum Gasteiger partial charge on any atom is 0.137 e. The maximum atomic E-state index is 13.0. The van der Waals surface area contributed by atoms with E-state index in [0.29, 0.717) is 12.1 Å². The lowest BCUT2D eigenvalue weighted by molar-refractivity contribution is 0.573. The first-order valence-corrected chi connectivity index (χ1v) is 4.22. The maximum absolute atomic E-state index is 13.0. The van der Waals surface area contributed by atoms with Crippen LogP contribution in [0.4, 0.5) is 8.78 Å². The van der Waals surface area contributed by atoms with E-state index in [1.54, 1.807) is 7.05 Å². The molecule has 0 heterocycles. The highest BCUT2D eigenvalue weighted by Crippen LogP contribution is 2.19. The lowest BCUT2D eigenvalue weighted by Crippen LogP contribution is -2.07. The van der Waals surface area contributed by atoms with E-state index in [2.05, 4.69) is 21.2 Å². The Labute approximate surface area is 90.1 Å². The van der Waals surface area contributed by atoms with Gasteiger partial charge in [0.25, 0.3) is 0 Å².